The molecular formula is C22H17F3N6O2. The van der Waals surface area contributed by atoms with Crippen LogP contribution in [0.5, 0.6) is 5.75 Å². The first-order valence-corrected chi connectivity index (χ1v) is 9.97. The lowest BCUT2D eigenvalue weighted by molar-refractivity contribution is -0.274. The molecule has 0 unspecified atom stereocenters. The first kappa shape index (κ1) is 20.6. The molecule has 0 bridgehead atoms. The third-order valence-electron chi connectivity index (χ3n) is 5.22. The number of aromatic nitrogens is 5. The van der Waals surface area contributed by atoms with Crippen LogP contribution in [0.1, 0.15) is 28.8 Å². The van der Waals surface area contributed by atoms with E-state index in [9.17, 15) is 18.0 Å². The van der Waals surface area contributed by atoms with E-state index in [4.69, 9.17) is 5.73 Å². The Kier molecular flexibility index (Phi) is 4.62. The zero-order valence-electron chi connectivity index (χ0n) is 17.2. The molecule has 11 heteroatoms. The monoisotopic (exact) mass is 454 g/mol. The molecule has 0 fully saturated rings. The molecule has 33 heavy (non-hydrogen) atoms. The third kappa shape index (κ3) is 3.77. The number of nitrogens with zero attached hydrogens (tertiary/aromatic N) is 3. The largest absolute Gasteiger partial charge is 0.573 e. The predicted molar refractivity (Wildman–Crippen MR) is 115 cm³/mol. The fourth-order valence-corrected chi connectivity index (χ4v) is 3.66. The quantitative estimate of drug-likeness (QED) is 0.338. The minimum Gasteiger partial charge on any atom is -0.406 e. The zero-order valence-corrected chi connectivity index (χ0v) is 17.2. The lowest BCUT2D eigenvalue weighted by atomic mass is 10.1. The maximum Gasteiger partial charge on any atom is 0.573 e. The number of alkyl halides is 3. The van der Waals surface area contributed by atoms with E-state index >= 15 is 0 Å². The van der Waals surface area contributed by atoms with Crippen LogP contribution in [0, 0.1) is 0 Å². The SMILES string of the molecule is CCc1nc2cc(-n3ncc(C(=O)c4cc5cc(OC(F)(F)F)ccc5[nH]4)c3N)ccc2[nH]1. The number of carbonyl (C=O) groups excluding carboxylic acids is 1. The van der Waals surface area contributed by atoms with Gasteiger partial charge in [-0.3, -0.25) is 4.79 Å². The van der Waals surface area contributed by atoms with E-state index in [0.717, 1.165) is 23.3 Å². The van der Waals surface area contributed by atoms with E-state index in [-0.39, 0.29) is 22.8 Å². The Labute approximate surface area is 184 Å². The first-order valence-electron chi connectivity index (χ1n) is 9.97. The molecule has 5 rings (SSSR count). The number of ketones is 1. The summed E-state index contributed by atoms with van der Waals surface area (Å²) in [7, 11) is 0. The number of aryl methyl sites for hydroxylation is 1. The average molecular weight is 454 g/mol. The summed E-state index contributed by atoms with van der Waals surface area (Å²) in [5.74, 6) is 0.169. The highest BCUT2D eigenvalue weighted by Gasteiger charge is 2.31. The number of carbonyl (C=O) groups is 1. The number of halogens is 3. The molecular weight excluding hydrogens is 437 g/mol. The van der Waals surface area contributed by atoms with Crippen molar-refractivity contribution in [1.29, 1.82) is 0 Å². The van der Waals surface area contributed by atoms with Gasteiger partial charge in [0.25, 0.3) is 0 Å². The summed E-state index contributed by atoms with van der Waals surface area (Å²) in [5, 5.41) is 4.64. The number of fused-ring (bicyclic) bond motifs is 2. The summed E-state index contributed by atoms with van der Waals surface area (Å²) in [6.07, 6.45) is -2.68. The summed E-state index contributed by atoms with van der Waals surface area (Å²) in [6.45, 7) is 2.00. The van der Waals surface area contributed by atoms with Crippen molar-refractivity contribution in [3.63, 3.8) is 0 Å². The summed E-state index contributed by atoms with van der Waals surface area (Å²) < 4.78 is 42.8. The highest BCUT2D eigenvalue weighted by molar-refractivity contribution is 6.12. The van der Waals surface area contributed by atoms with E-state index in [2.05, 4.69) is 24.8 Å². The molecule has 0 aliphatic rings. The van der Waals surface area contributed by atoms with Crippen molar-refractivity contribution in [2.75, 3.05) is 5.73 Å². The lowest BCUT2D eigenvalue weighted by Crippen LogP contribution is -2.16. The van der Waals surface area contributed by atoms with Crippen LogP contribution in [-0.4, -0.2) is 36.9 Å². The molecule has 0 radical (unpaired) electrons. The van der Waals surface area contributed by atoms with Gasteiger partial charge < -0.3 is 20.4 Å². The Morgan fingerprint density at radius 1 is 1.12 bits per heavy atom. The number of nitrogens with one attached hydrogen (secondary N) is 2. The second-order valence-electron chi connectivity index (χ2n) is 7.40. The van der Waals surface area contributed by atoms with Crippen LogP contribution in [0.4, 0.5) is 19.0 Å². The van der Waals surface area contributed by atoms with Crippen LogP contribution in [0.15, 0.2) is 48.7 Å². The number of aromatic amines is 2. The zero-order chi connectivity index (χ0) is 23.3. The van der Waals surface area contributed by atoms with Crippen molar-refractivity contribution >= 4 is 33.5 Å². The Morgan fingerprint density at radius 3 is 2.67 bits per heavy atom. The van der Waals surface area contributed by atoms with Gasteiger partial charge in [0.1, 0.15) is 17.4 Å². The minimum atomic E-state index is -4.80. The summed E-state index contributed by atoms with van der Waals surface area (Å²) in [6, 6.07) is 10.7. The van der Waals surface area contributed by atoms with Crippen LogP contribution < -0.4 is 10.5 Å². The lowest BCUT2D eigenvalue weighted by Gasteiger charge is -2.08. The van der Waals surface area contributed by atoms with Crippen molar-refractivity contribution in [1.82, 2.24) is 24.7 Å². The number of H-pyrrole nitrogens is 2. The first-order chi connectivity index (χ1) is 15.7. The molecule has 0 aliphatic heterocycles. The highest BCUT2D eigenvalue weighted by Crippen LogP contribution is 2.28. The van der Waals surface area contributed by atoms with Crippen LogP contribution in [0.2, 0.25) is 0 Å². The van der Waals surface area contributed by atoms with Crippen LogP contribution >= 0.6 is 0 Å². The molecule has 3 heterocycles. The summed E-state index contributed by atoms with van der Waals surface area (Å²) in [5.41, 5.74) is 9.30. The molecule has 0 spiro atoms. The van der Waals surface area contributed by atoms with Crippen LogP contribution in [-0.2, 0) is 6.42 Å². The smallest absolute Gasteiger partial charge is 0.406 e. The number of nitrogens with two attached hydrogens (primary N) is 1. The molecule has 8 nitrogen and oxygen atoms in total. The number of hydrogen-bond acceptors (Lipinski definition) is 5. The number of ether oxygens (including phenoxy) is 1. The third-order valence-corrected chi connectivity index (χ3v) is 5.22. The number of anilines is 1. The molecule has 168 valence electrons. The van der Waals surface area contributed by atoms with Gasteiger partial charge in [-0.15, -0.1) is 13.2 Å². The van der Waals surface area contributed by atoms with Gasteiger partial charge in [0.05, 0.1) is 34.2 Å². The number of rotatable bonds is 5. The second kappa shape index (κ2) is 7.40. The molecule has 0 saturated carbocycles. The summed E-state index contributed by atoms with van der Waals surface area (Å²) in [4.78, 5) is 23.7. The van der Waals surface area contributed by atoms with Gasteiger partial charge in [-0.1, -0.05) is 6.92 Å². The summed E-state index contributed by atoms with van der Waals surface area (Å²) >= 11 is 0. The van der Waals surface area contributed by atoms with Gasteiger partial charge in [0.2, 0.25) is 5.78 Å². The highest BCUT2D eigenvalue weighted by atomic mass is 19.4. The predicted octanol–water partition coefficient (Wildman–Crippen LogP) is 4.50. The molecule has 0 amide bonds. The van der Waals surface area contributed by atoms with Crippen LogP contribution in [0.3, 0.4) is 0 Å². The van der Waals surface area contributed by atoms with Crippen molar-refractivity contribution in [2.45, 2.75) is 19.7 Å². The van der Waals surface area contributed by atoms with Crippen LogP contribution in [0.25, 0.3) is 27.6 Å². The molecule has 2 aromatic carbocycles. The molecule has 0 atom stereocenters. The molecule has 0 aliphatic carbocycles. The van der Waals surface area contributed by atoms with Gasteiger partial charge in [-0.2, -0.15) is 5.10 Å². The number of imidazole rings is 1. The van der Waals surface area contributed by atoms with E-state index in [1.54, 1.807) is 0 Å². The topological polar surface area (TPSA) is 115 Å². The standard InChI is InChI=1S/C22H17F3N6O2/c1-2-19-29-16-5-3-12(9-17(16)30-19)31-21(26)14(10-27-31)20(32)18-8-11-7-13(33-22(23,24)25)4-6-15(11)28-18/h3-10,28H,2,26H2,1H3,(H,29,30). The Balaban J connectivity index is 1.47. The minimum absolute atomic E-state index is 0.130. The Morgan fingerprint density at radius 2 is 1.91 bits per heavy atom. The van der Waals surface area contributed by atoms with Gasteiger partial charge >= 0.3 is 6.36 Å². The van der Waals surface area contributed by atoms with Crippen molar-refractivity contribution in [2.24, 2.45) is 0 Å². The van der Waals surface area contributed by atoms with Gasteiger partial charge in [-0.05, 0) is 42.5 Å². The van der Waals surface area contributed by atoms with E-state index in [0.29, 0.717) is 16.6 Å². The number of nitrogen functional groups attached to an aromatic ring is 1. The number of hydrogen-bond donors (Lipinski definition) is 3. The van der Waals surface area contributed by atoms with Crippen molar-refractivity contribution in [3.8, 4) is 11.4 Å². The molecule has 3 aromatic heterocycles. The van der Waals surface area contributed by atoms with E-state index in [1.165, 1.54) is 35.1 Å². The normalized spacial score (nSPS) is 12.0. The van der Waals surface area contributed by atoms with Crippen molar-refractivity contribution < 1.29 is 22.7 Å². The Hall–Kier alpha value is -4.28. The van der Waals surface area contributed by atoms with Gasteiger partial charge in [0, 0.05) is 17.3 Å². The molecule has 0 saturated heterocycles. The van der Waals surface area contributed by atoms with E-state index in [1.807, 2.05) is 25.1 Å². The molecule has 4 N–H and O–H groups in total. The average Bonchev–Trinajstić information content (AvgIpc) is 3.47. The maximum atomic E-state index is 13.1. The van der Waals surface area contributed by atoms with Gasteiger partial charge in [-0.25, -0.2) is 9.67 Å². The Bertz CT molecular complexity index is 1510. The molecule has 5 aromatic rings. The number of benzene rings is 2. The fourth-order valence-electron chi connectivity index (χ4n) is 3.66. The maximum absolute atomic E-state index is 13.1. The van der Waals surface area contributed by atoms with Crippen molar-refractivity contribution in [3.05, 3.63) is 65.7 Å². The van der Waals surface area contributed by atoms with E-state index < -0.39 is 12.1 Å². The fraction of sp³-hybridized carbons (Fsp3) is 0.136. The second-order valence-corrected chi connectivity index (χ2v) is 7.40. The van der Waals surface area contributed by atoms with Gasteiger partial charge in [0.15, 0.2) is 0 Å².